The molecular weight excluding hydrogens is 374 g/mol. The fourth-order valence-electron chi connectivity index (χ4n) is 3.34. The highest BCUT2D eigenvalue weighted by molar-refractivity contribution is 5.77. The van der Waals surface area contributed by atoms with Gasteiger partial charge in [-0.1, -0.05) is 78.9 Å². The zero-order valence-electron chi connectivity index (χ0n) is 18.4. The average molecular weight is 408 g/mol. The SMILES string of the molecule is CC(C)OC(CCC(N)=O)(OC(C)C)C(=CC=Cc1ccccc1)c1ccccc1. The van der Waals surface area contributed by atoms with Crippen LogP contribution >= 0.6 is 0 Å². The van der Waals surface area contributed by atoms with Crippen LogP contribution in [0.2, 0.25) is 0 Å². The number of hydrogen-bond donors (Lipinski definition) is 1. The molecule has 0 unspecified atom stereocenters. The molecule has 160 valence electrons. The lowest BCUT2D eigenvalue weighted by atomic mass is 9.92. The third kappa shape index (κ3) is 7.29. The number of rotatable bonds is 11. The van der Waals surface area contributed by atoms with E-state index in [2.05, 4.69) is 0 Å². The van der Waals surface area contributed by atoms with Crippen LogP contribution in [0, 0.1) is 0 Å². The van der Waals surface area contributed by atoms with Gasteiger partial charge in [-0.15, -0.1) is 0 Å². The van der Waals surface area contributed by atoms with Gasteiger partial charge in [0, 0.05) is 18.4 Å². The highest BCUT2D eigenvalue weighted by atomic mass is 16.7. The van der Waals surface area contributed by atoms with Crippen molar-refractivity contribution in [3.63, 3.8) is 0 Å². The third-order valence-corrected chi connectivity index (χ3v) is 4.40. The van der Waals surface area contributed by atoms with Crippen LogP contribution in [0.5, 0.6) is 0 Å². The molecule has 0 fully saturated rings. The summed E-state index contributed by atoms with van der Waals surface area (Å²) in [5.74, 6) is -1.48. The molecule has 1 amide bonds. The minimum Gasteiger partial charge on any atom is -0.370 e. The number of allylic oxidation sites excluding steroid dienone is 2. The molecule has 0 aliphatic rings. The molecule has 2 aromatic carbocycles. The van der Waals surface area contributed by atoms with Crippen molar-refractivity contribution in [3.8, 4) is 0 Å². The van der Waals surface area contributed by atoms with E-state index in [4.69, 9.17) is 15.2 Å². The Morgan fingerprint density at radius 2 is 1.47 bits per heavy atom. The zero-order chi connectivity index (χ0) is 22.0. The predicted molar refractivity (Wildman–Crippen MR) is 123 cm³/mol. The number of benzene rings is 2. The van der Waals surface area contributed by atoms with E-state index in [1.54, 1.807) is 0 Å². The van der Waals surface area contributed by atoms with Crippen LogP contribution in [0.1, 0.15) is 51.7 Å². The minimum absolute atomic E-state index is 0.109. The Morgan fingerprint density at radius 3 is 1.97 bits per heavy atom. The van der Waals surface area contributed by atoms with Crippen molar-refractivity contribution in [3.05, 3.63) is 83.9 Å². The molecule has 2 N–H and O–H groups in total. The standard InChI is InChI=1S/C26H33NO3/c1-20(2)29-26(30-21(3)4,19-18-25(27)28)24(23-15-9-6-10-16-23)17-11-14-22-12-7-5-8-13-22/h5-17,20-21H,18-19H2,1-4H3,(H2,27,28). The van der Waals surface area contributed by atoms with Gasteiger partial charge in [-0.2, -0.15) is 0 Å². The van der Waals surface area contributed by atoms with Crippen LogP contribution in [0.25, 0.3) is 11.6 Å². The van der Waals surface area contributed by atoms with Crippen LogP contribution in [0.15, 0.2) is 72.8 Å². The first-order valence-corrected chi connectivity index (χ1v) is 10.5. The maximum atomic E-state index is 11.7. The smallest absolute Gasteiger partial charge is 0.217 e. The van der Waals surface area contributed by atoms with Crippen molar-refractivity contribution in [2.75, 3.05) is 0 Å². The van der Waals surface area contributed by atoms with Gasteiger partial charge in [-0.05, 0) is 38.8 Å². The summed E-state index contributed by atoms with van der Waals surface area (Å²) in [7, 11) is 0. The van der Waals surface area contributed by atoms with Crippen molar-refractivity contribution in [2.24, 2.45) is 5.73 Å². The molecule has 0 heterocycles. The predicted octanol–water partition coefficient (Wildman–Crippen LogP) is 5.60. The molecule has 0 bridgehead atoms. The Morgan fingerprint density at radius 1 is 0.933 bits per heavy atom. The summed E-state index contributed by atoms with van der Waals surface area (Å²) in [4.78, 5) is 11.7. The highest BCUT2D eigenvalue weighted by Crippen LogP contribution is 2.38. The second-order valence-electron chi connectivity index (χ2n) is 7.77. The average Bonchev–Trinajstić information content (AvgIpc) is 2.70. The molecule has 0 aliphatic carbocycles. The quantitative estimate of drug-likeness (QED) is 0.390. The summed E-state index contributed by atoms with van der Waals surface area (Å²) < 4.78 is 12.8. The minimum atomic E-state index is -1.10. The first kappa shape index (κ1) is 23.6. The number of carbonyl (C=O) groups excluding carboxylic acids is 1. The lowest BCUT2D eigenvalue weighted by Crippen LogP contribution is -2.42. The lowest BCUT2D eigenvalue weighted by molar-refractivity contribution is -0.234. The maximum absolute atomic E-state index is 11.7. The summed E-state index contributed by atoms with van der Waals surface area (Å²) in [6.07, 6.45) is 6.30. The van der Waals surface area contributed by atoms with E-state index < -0.39 is 5.79 Å². The van der Waals surface area contributed by atoms with Gasteiger partial charge in [0.25, 0.3) is 0 Å². The van der Waals surface area contributed by atoms with Gasteiger partial charge in [0.2, 0.25) is 5.91 Å². The third-order valence-electron chi connectivity index (χ3n) is 4.40. The van der Waals surface area contributed by atoms with Gasteiger partial charge in [0.1, 0.15) is 0 Å². The molecule has 0 saturated carbocycles. The van der Waals surface area contributed by atoms with E-state index in [9.17, 15) is 4.79 Å². The van der Waals surface area contributed by atoms with Gasteiger partial charge in [0.15, 0.2) is 5.79 Å². The number of carbonyl (C=O) groups is 1. The zero-order valence-corrected chi connectivity index (χ0v) is 18.4. The summed E-state index contributed by atoms with van der Waals surface area (Å²) in [6, 6.07) is 20.1. The van der Waals surface area contributed by atoms with E-state index in [1.165, 1.54) is 0 Å². The maximum Gasteiger partial charge on any atom is 0.217 e. The molecule has 0 aromatic heterocycles. The Labute approximate surface area is 180 Å². The fraction of sp³-hybridized carbons (Fsp3) is 0.346. The molecule has 0 aliphatic heterocycles. The fourth-order valence-corrected chi connectivity index (χ4v) is 3.34. The van der Waals surface area contributed by atoms with E-state index >= 15 is 0 Å². The Kier molecular flexibility index (Phi) is 9.03. The molecular formula is C26H33NO3. The van der Waals surface area contributed by atoms with Gasteiger partial charge in [-0.3, -0.25) is 4.79 Å². The summed E-state index contributed by atoms with van der Waals surface area (Å²) in [5, 5.41) is 0. The van der Waals surface area contributed by atoms with Crippen molar-refractivity contribution < 1.29 is 14.3 Å². The Bertz CT molecular complexity index is 829. The number of amides is 1. The van der Waals surface area contributed by atoms with E-state index in [-0.39, 0.29) is 24.5 Å². The Hall–Kier alpha value is -2.69. The molecule has 0 radical (unpaired) electrons. The first-order chi connectivity index (χ1) is 14.3. The summed E-state index contributed by atoms with van der Waals surface area (Å²) >= 11 is 0. The lowest BCUT2D eigenvalue weighted by Gasteiger charge is -2.39. The monoisotopic (exact) mass is 407 g/mol. The van der Waals surface area contributed by atoms with E-state index in [0.717, 1.165) is 16.7 Å². The molecule has 4 nitrogen and oxygen atoms in total. The summed E-state index contributed by atoms with van der Waals surface area (Å²) in [5.41, 5.74) is 8.42. The molecule has 30 heavy (non-hydrogen) atoms. The van der Waals surface area contributed by atoms with E-state index in [1.807, 2.05) is 107 Å². The van der Waals surface area contributed by atoms with Gasteiger partial charge in [-0.25, -0.2) is 0 Å². The molecule has 2 rings (SSSR count). The topological polar surface area (TPSA) is 61.5 Å². The van der Waals surface area contributed by atoms with Crippen LogP contribution in [0.3, 0.4) is 0 Å². The van der Waals surface area contributed by atoms with Crippen molar-refractivity contribution in [1.82, 2.24) is 0 Å². The molecule has 2 aromatic rings. The van der Waals surface area contributed by atoms with Gasteiger partial charge >= 0.3 is 0 Å². The molecule has 0 spiro atoms. The van der Waals surface area contributed by atoms with Gasteiger partial charge < -0.3 is 15.2 Å². The van der Waals surface area contributed by atoms with Crippen LogP contribution < -0.4 is 5.73 Å². The van der Waals surface area contributed by atoms with Crippen LogP contribution in [0.4, 0.5) is 0 Å². The Balaban J connectivity index is 2.58. The first-order valence-electron chi connectivity index (χ1n) is 10.5. The second kappa shape index (κ2) is 11.5. The molecule has 0 atom stereocenters. The second-order valence-corrected chi connectivity index (χ2v) is 7.77. The number of nitrogens with two attached hydrogens (primary N) is 1. The van der Waals surface area contributed by atoms with Crippen molar-refractivity contribution >= 4 is 17.6 Å². The molecule has 0 saturated heterocycles. The van der Waals surface area contributed by atoms with Gasteiger partial charge in [0.05, 0.1) is 12.2 Å². The van der Waals surface area contributed by atoms with Crippen LogP contribution in [-0.2, 0) is 14.3 Å². The number of primary amides is 1. The van der Waals surface area contributed by atoms with Crippen molar-refractivity contribution in [1.29, 1.82) is 0 Å². The normalized spacial score (nSPS) is 12.8. The molecule has 4 heteroatoms. The number of hydrogen-bond acceptors (Lipinski definition) is 3. The number of ether oxygens (including phenoxy) is 2. The van der Waals surface area contributed by atoms with E-state index in [0.29, 0.717) is 6.42 Å². The van der Waals surface area contributed by atoms with Crippen molar-refractivity contribution in [2.45, 2.75) is 58.5 Å². The van der Waals surface area contributed by atoms with Crippen LogP contribution in [-0.4, -0.2) is 23.9 Å². The highest BCUT2D eigenvalue weighted by Gasteiger charge is 2.39. The summed E-state index contributed by atoms with van der Waals surface area (Å²) in [6.45, 7) is 7.85. The largest absolute Gasteiger partial charge is 0.370 e.